The number of ketones is 1. The van der Waals surface area contributed by atoms with Crippen LogP contribution >= 0.6 is 11.6 Å². The lowest BCUT2D eigenvalue weighted by Gasteiger charge is -2.10. The molecule has 104 valence electrons. The van der Waals surface area contributed by atoms with Gasteiger partial charge in [0.25, 0.3) is 0 Å². The van der Waals surface area contributed by atoms with Gasteiger partial charge in [0.2, 0.25) is 0 Å². The minimum absolute atomic E-state index is 0.00159. The number of carbonyl (C=O) groups excluding carboxylic acids is 1. The van der Waals surface area contributed by atoms with Gasteiger partial charge in [0.1, 0.15) is 5.82 Å². The third kappa shape index (κ3) is 3.07. The standard InChI is InChI=1S/C17H16ClFO/c1-10-6-11(2)17(12(3)7-10)16(20)9-13-4-5-14(18)15(19)8-13/h4-8H,9H2,1-3H3. The lowest BCUT2D eigenvalue weighted by molar-refractivity contribution is 0.0992. The fourth-order valence-electron chi connectivity index (χ4n) is 2.54. The Bertz CT molecular complexity index is 654. The molecule has 0 aliphatic heterocycles. The second kappa shape index (κ2) is 5.76. The Hall–Kier alpha value is -1.67. The molecule has 0 saturated carbocycles. The highest BCUT2D eigenvalue weighted by Crippen LogP contribution is 2.21. The monoisotopic (exact) mass is 290 g/mol. The van der Waals surface area contributed by atoms with Crippen LogP contribution in [0, 0.1) is 26.6 Å². The van der Waals surface area contributed by atoms with Crippen molar-refractivity contribution >= 4 is 17.4 Å². The molecule has 0 heterocycles. The average molecular weight is 291 g/mol. The summed E-state index contributed by atoms with van der Waals surface area (Å²) in [7, 11) is 0. The summed E-state index contributed by atoms with van der Waals surface area (Å²) in [5, 5.41) is 0.0731. The average Bonchev–Trinajstić information content (AvgIpc) is 2.32. The molecule has 2 rings (SSSR count). The molecule has 0 saturated heterocycles. The highest BCUT2D eigenvalue weighted by molar-refractivity contribution is 6.30. The molecule has 2 aromatic carbocycles. The van der Waals surface area contributed by atoms with E-state index >= 15 is 0 Å². The molecule has 0 unspecified atom stereocenters. The largest absolute Gasteiger partial charge is 0.294 e. The zero-order valence-electron chi connectivity index (χ0n) is 11.8. The number of rotatable bonds is 3. The molecule has 0 bridgehead atoms. The van der Waals surface area contributed by atoms with E-state index in [-0.39, 0.29) is 17.2 Å². The lowest BCUT2D eigenvalue weighted by Crippen LogP contribution is -2.08. The van der Waals surface area contributed by atoms with Gasteiger partial charge in [0.05, 0.1) is 5.02 Å². The first-order chi connectivity index (χ1) is 9.38. The van der Waals surface area contributed by atoms with Gasteiger partial charge in [-0.3, -0.25) is 4.79 Å². The van der Waals surface area contributed by atoms with Crippen molar-refractivity contribution < 1.29 is 9.18 Å². The fourth-order valence-corrected chi connectivity index (χ4v) is 2.66. The number of halogens is 2. The minimum atomic E-state index is -0.491. The Kier molecular flexibility index (Phi) is 4.24. The van der Waals surface area contributed by atoms with Crippen LogP contribution in [-0.2, 0) is 6.42 Å². The van der Waals surface area contributed by atoms with Crippen LogP contribution < -0.4 is 0 Å². The van der Waals surface area contributed by atoms with E-state index in [1.807, 2.05) is 32.9 Å². The Morgan fingerprint density at radius 3 is 2.25 bits per heavy atom. The first kappa shape index (κ1) is 14.7. The molecule has 0 aliphatic rings. The van der Waals surface area contributed by atoms with Gasteiger partial charge in [-0.25, -0.2) is 4.39 Å². The third-order valence-electron chi connectivity index (χ3n) is 3.30. The summed E-state index contributed by atoms with van der Waals surface area (Å²) >= 11 is 5.64. The maximum absolute atomic E-state index is 13.4. The quantitative estimate of drug-likeness (QED) is 0.740. The van der Waals surface area contributed by atoms with Crippen LogP contribution in [-0.4, -0.2) is 5.78 Å². The number of hydrogen-bond acceptors (Lipinski definition) is 1. The number of aryl methyl sites for hydroxylation is 3. The van der Waals surface area contributed by atoms with E-state index in [0.29, 0.717) is 5.56 Å². The van der Waals surface area contributed by atoms with Crippen LogP contribution in [0.25, 0.3) is 0 Å². The number of carbonyl (C=O) groups is 1. The summed E-state index contributed by atoms with van der Waals surface area (Å²) in [6.07, 6.45) is 0.179. The smallest absolute Gasteiger partial charge is 0.167 e. The molecule has 0 aromatic heterocycles. The zero-order valence-corrected chi connectivity index (χ0v) is 12.5. The summed E-state index contributed by atoms with van der Waals surface area (Å²) in [6.45, 7) is 5.86. The Labute approximate surface area is 123 Å². The molecule has 0 atom stereocenters. The molecule has 0 spiro atoms. The first-order valence-corrected chi connectivity index (χ1v) is 6.81. The second-order valence-corrected chi connectivity index (χ2v) is 5.53. The number of benzene rings is 2. The fraction of sp³-hybridized carbons (Fsp3) is 0.235. The van der Waals surface area contributed by atoms with E-state index in [1.165, 1.54) is 12.1 Å². The van der Waals surface area contributed by atoms with Gasteiger partial charge in [-0.1, -0.05) is 35.4 Å². The maximum atomic E-state index is 13.4. The third-order valence-corrected chi connectivity index (χ3v) is 3.61. The van der Waals surface area contributed by atoms with Crippen molar-refractivity contribution in [1.82, 2.24) is 0 Å². The van der Waals surface area contributed by atoms with Gasteiger partial charge < -0.3 is 0 Å². The molecule has 20 heavy (non-hydrogen) atoms. The highest BCUT2D eigenvalue weighted by Gasteiger charge is 2.14. The molecule has 0 radical (unpaired) electrons. The summed E-state index contributed by atoms with van der Waals surface area (Å²) in [5.41, 5.74) is 4.42. The highest BCUT2D eigenvalue weighted by atomic mass is 35.5. The van der Waals surface area contributed by atoms with E-state index in [0.717, 1.165) is 22.3 Å². The molecular weight excluding hydrogens is 275 g/mol. The van der Waals surface area contributed by atoms with Crippen molar-refractivity contribution in [3.8, 4) is 0 Å². The SMILES string of the molecule is Cc1cc(C)c(C(=O)Cc2ccc(Cl)c(F)c2)c(C)c1. The summed E-state index contributed by atoms with van der Waals surface area (Å²) < 4.78 is 13.4. The predicted molar refractivity (Wildman–Crippen MR) is 80.1 cm³/mol. The first-order valence-electron chi connectivity index (χ1n) is 6.43. The van der Waals surface area contributed by atoms with Gasteiger partial charge in [0.15, 0.2) is 5.78 Å². The molecule has 0 N–H and O–H groups in total. The normalized spacial score (nSPS) is 10.7. The van der Waals surface area contributed by atoms with E-state index in [1.54, 1.807) is 6.07 Å². The van der Waals surface area contributed by atoms with Crippen molar-refractivity contribution in [2.24, 2.45) is 0 Å². The molecule has 2 aromatic rings. The van der Waals surface area contributed by atoms with Crippen molar-refractivity contribution in [3.05, 3.63) is 69.0 Å². The minimum Gasteiger partial charge on any atom is -0.294 e. The molecule has 0 aliphatic carbocycles. The van der Waals surface area contributed by atoms with Gasteiger partial charge in [-0.05, 0) is 49.6 Å². The molecule has 1 nitrogen and oxygen atoms in total. The van der Waals surface area contributed by atoms with Crippen molar-refractivity contribution in [1.29, 1.82) is 0 Å². The number of Topliss-reactive ketones (excluding diaryl/α,β-unsaturated/α-hetero) is 1. The Morgan fingerprint density at radius 1 is 1.10 bits per heavy atom. The van der Waals surface area contributed by atoms with Gasteiger partial charge in [-0.15, -0.1) is 0 Å². The van der Waals surface area contributed by atoms with E-state index in [2.05, 4.69) is 0 Å². The topological polar surface area (TPSA) is 17.1 Å². The lowest BCUT2D eigenvalue weighted by atomic mass is 9.93. The molecular formula is C17H16ClFO. The maximum Gasteiger partial charge on any atom is 0.167 e. The molecule has 0 fully saturated rings. The summed E-state index contributed by atoms with van der Waals surface area (Å²) in [4.78, 5) is 12.4. The Morgan fingerprint density at radius 2 is 1.70 bits per heavy atom. The van der Waals surface area contributed by atoms with E-state index in [4.69, 9.17) is 11.6 Å². The van der Waals surface area contributed by atoms with Crippen LogP contribution in [0.15, 0.2) is 30.3 Å². The van der Waals surface area contributed by atoms with Gasteiger partial charge in [0, 0.05) is 12.0 Å². The molecule has 3 heteroatoms. The van der Waals surface area contributed by atoms with Crippen molar-refractivity contribution in [2.45, 2.75) is 27.2 Å². The zero-order chi connectivity index (χ0) is 14.9. The molecule has 0 amide bonds. The van der Waals surface area contributed by atoms with E-state index in [9.17, 15) is 9.18 Å². The van der Waals surface area contributed by atoms with Crippen LogP contribution in [0.4, 0.5) is 4.39 Å². The van der Waals surface area contributed by atoms with Gasteiger partial charge >= 0.3 is 0 Å². The van der Waals surface area contributed by atoms with Crippen molar-refractivity contribution in [3.63, 3.8) is 0 Å². The van der Waals surface area contributed by atoms with Gasteiger partial charge in [-0.2, -0.15) is 0 Å². The summed E-state index contributed by atoms with van der Waals surface area (Å²) in [6, 6.07) is 8.46. The number of hydrogen-bond donors (Lipinski definition) is 0. The van der Waals surface area contributed by atoms with Crippen LogP contribution in [0.3, 0.4) is 0 Å². The van der Waals surface area contributed by atoms with Crippen molar-refractivity contribution in [2.75, 3.05) is 0 Å². The van der Waals surface area contributed by atoms with Crippen LogP contribution in [0.5, 0.6) is 0 Å². The second-order valence-electron chi connectivity index (χ2n) is 5.12. The van der Waals surface area contributed by atoms with Crippen LogP contribution in [0.1, 0.15) is 32.6 Å². The van der Waals surface area contributed by atoms with Crippen LogP contribution in [0.2, 0.25) is 5.02 Å². The van der Waals surface area contributed by atoms with E-state index < -0.39 is 5.82 Å². The Balaban J connectivity index is 2.31. The summed E-state index contributed by atoms with van der Waals surface area (Å²) in [5.74, 6) is -0.490. The predicted octanol–water partition coefficient (Wildman–Crippen LogP) is 4.83.